The molecule has 0 aromatic heterocycles. The first-order valence-corrected chi connectivity index (χ1v) is 6.87. The maximum Gasteiger partial charge on any atom is 0.416 e. The lowest BCUT2D eigenvalue weighted by atomic mass is 10.1. The molecule has 0 radical (unpaired) electrons. The minimum atomic E-state index is -4.47. The molecule has 0 atom stereocenters. The summed E-state index contributed by atoms with van der Waals surface area (Å²) in [5, 5.41) is 0. The summed E-state index contributed by atoms with van der Waals surface area (Å²) in [7, 11) is 0. The summed E-state index contributed by atoms with van der Waals surface area (Å²) in [6, 6.07) is 3.06. The van der Waals surface area contributed by atoms with E-state index in [1.807, 2.05) is 6.92 Å². The highest BCUT2D eigenvalue weighted by molar-refractivity contribution is 9.10. The van der Waals surface area contributed by atoms with E-state index < -0.39 is 17.6 Å². The van der Waals surface area contributed by atoms with Crippen molar-refractivity contribution >= 4 is 21.8 Å². The Kier molecular flexibility index (Phi) is 5.80. The van der Waals surface area contributed by atoms with Crippen molar-refractivity contribution in [3.63, 3.8) is 0 Å². The van der Waals surface area contributed by atoms with Crippen LogP contribution < -0.4 is 0 Å². The van der Waals surface area contributed by atoms with Crippen LogP contribution in [0.15, 0.2) is 35.3 Å². The number of halogens is 4. The van der Waals surface area contributed by atoms with Gasteiger partial charge in [-0.3, -0.25) is 4.79 Å². The number of benzene rings is 1. The van der Waals surface area contributed by atoms with Crippen molar-refractivity contribution in [1.29, 1.82) is 0 Å². The van der Waals surface area contributed by atoms with Gasteiger partial charge in [-0.1, -0.05) is 13.0 Å². The quantitative estimate of drug-likeness (QED) is 0.716. The van der Waals surface area contributed by atoms with Gasteiger partial charge in [0.2, 0.25) is 0 Å². The lowest BCUT2D eigenvalue weighted by Crippen LogP contribution is -2.32. The molecule has 110 valence electrons. The van der Waals surface area contributed by atoms with E-state index in [-0.39, 0.29) is 5.56 Å². The summed E-state index contributed by atoms with van der Waals surface area (Å²) < 4.78 is 38.5. The van der Waals surface area contributed by atoms with E-state index >= 15 is 0 Å². The fourth-order valence-electron chi connectivity index (χ4n) is 1.74. The van der Waals surface area contributed by atoms with Gasteiger partial charge in [0, 0.05) is 17.6 Å². The average molecular weight is 350 g/mol. The average Bonchev–Trinajstić information content (AvgIpc) is 2.37. The second kappa shape index (κ2) is 6.92. The van der Waals surface area contributed by atoms with Gasteiger partial charge in [-0.15, -0.1) is 6.58 Å². The molecule has 0 aliphatic carbocycles. The third-order valence-corrected chi connectivity index (χ3v) is 3.35. The second-order valence-electron chi connectivity index (χ2n) is 4.23. The number of rotatable bonds is 5. The molecule has 1 amide bonds. The molecular weight excluding hydrogens is 335 g/mol. The molecule has 0 heterocycles. The summed E-state index contributed by atoms with van der Waals surface area (Å²) in [5.41, 5.74) is -0.825. The zero-order valence-corrected chi connectivity index (χ0v) is 12.6. The van der Waals surface area contributed by atoms with Crippen LogP contribution in [0.4, 0.5) is 13.2 Å². The van der Waals surface area contributed by atoms with Crippen LogP contribution in [0.2, 0.25) is 0 Å². The second-order valence-corrected chi connectivity index (χ2v) is 5.09. The number of carbonyl (C=O) groups excluding carboxylic acids is 1. The summed E-state index contributed by atoms with van der Waals surface area (Å²) in [6.07, 6.45) is -2.20. The van der Waals surface area contributed by atoms with Crippen molar-refractivity contribution in [3.05, 3.63) is 46.5 Å². The Labute approximate surface area is 124 Å². The highest BCUT2D eigenvalue weighted by Gasteiger charge is 2.32. The smallest absolute Gasteiger partial charge is 0.335 e. The van der Waals surface area contributed by atoms with E-state index in [0.717, 1.165) is 18.6 Å². The van der Waals surface area contributed by atoms with Crippen LogP contribution in [0.1, 0.15) is 29.3 Å². The van der Waals surface area contributed by atoms with Crippen LogP contribution in [-0.4, -0.2) is 23.9 Å². The minimum absolute atomic E-state index is 0.00938. The third kappa shape index (κ3) is 4.10. The summed E-state index contributed by atoms with van der Waals surface area (Å²) >= 11 is 3.13. The molecule has 0 saturated carbocycles. The van der Waals surface area contributed by atoms with Crippen LogP contribution >= 0.6 is 15.9 Å². The van der Waals surface area contributed by atoms with E-state index in [1.54, 1.807) is 6.08 Å². The summed E-state index contributed by atoms with van der Waals surface area (Å²) in [4.78, 5) is 13.8. The molecule has 0 spiro atoms. The molecule has 0 aliphatic rings. The van der Waals surface area contributed by atoms with Crippen LogP contribution in [0.5, 0.6) is 0 Å². The number of carbonyl (C=O) groups is 1. The number of hydrogen-bond donors (Lipinski definition) is 0. The van der Waals surface area contributed by atoms with Crippen LogP contribution in [0.3, 0.4) is 0 Å². The first-order valence-electron chi connectivity index (χ1n) is 6.08. The van der Waals surface area contributed by atoms with Crippen molar-refractivity contribution in [2.24, 2.45) is 0 Å². The van der Waals surface area contributed by atoms with Crippen LogP contribution in [-0.2, 0) is 6.18 Å². The van der Waals surface area contributed by atoms with Gasteiger partial charge in [0.15, 0.2) is 0 Å². The Morgan fingerprint density at radius 2 is 2.10 bits per heavy atom. The van der Waals surface area contributed by atoms with Crippen molar-refractivity contribution < 1.29 is 18.0 Å². The van der Waals surface area contributed by atoms with Gasteiger partial charge in [0.05, 0.1) is 11.1 Å². The SMILES string of the molecule is C=CCN(CCC)C(=O)c1cc(C(F)(F)F)ccc1Br. The zero-order valence-electron chi connectivity index (χ0n) is 11.0. The van der Waals surface area contributed by atoms with Crippen molar-refractivity contribution in [1.82, 2.24) is 4.90 Å². The molecule has 1 aromatic rings. The molecule has 6 heteroatoms. The van der Waals surface area contributed by atoms with Gasteiger partial charge in [0.1, 0.15) is 0 Å². The largest absolute Gasteiger partial charge is 0.416 e. The van der Waals surface area contributed by atoms with Crippen molar-refractivity contribution in [2.45, 2.75) is 19.5 Å². The molecule has 0 unspecified atom stereocenters. The predicted molar refractivity (Wildman–Crippen MR) is 75.5 cm³/mol. The van der Waals surface area contributed by atoms with E-state index in [1.165, 1.54) is 11.0 Å². The topological polar surface area (TPSA) is 20.3 Å². The Morgan fingerprint density at radius 1 is 1.45 bits per heavy atom. The Balaban J connectivity index is 3.16. The zero-order chi connectivity index (χ0) is 15.3. The maximum absolute atomic E-state index is 12.7. The fourth-order valence-corrected chi connectivity index (χ4v) is 2.15. The number of amides is 1. The van der Waals surface area contributed by atoms with Gasteiger partial charge in [0.25, 0.3) is 5.91 Å². The maximum atomic E-state index is 12.7. The molecule has 20 heavy (non-hydrogen) atoms. The predicted octanol–water partition coefficient (Wildman–Crippen LogP) is 4.51. The molecule has 0 fully saturated rings. The molecule has 0 aliphatic heterocycles. The number of hydrogen-bond acceptors (Lipinski definition) is 1. The number of nitrogens with zero attached hydrogens (tertiary/aromatic N) is 1. The standard InChI is InChI=1S/C14H15BrF3NO/c1-3-7-19(8-4-2)13(20)11-9-10(14(16,17)18)5-6-12(11)15/h3,5-6,9H,1,4,7-8H2,2H3. The molecule has 0 bridgehead atoms. The molecular formula is C14H15BrF3NO. The van der Waals surface area contributed by atoms with Crippen LogP contribution in [0.25, 0.3) is 0 Å². The molecule has 2 nitrogen and oxygen atoms in total. The lowest BCUT2D eigenvalue weighted by molar-refractivity contribution is -0.137. The summed E-state index contributed by atoms with van der Waals surface area (Å²) in [5.74, 6) is -0.440. The Bertz CT molecular complexity index is 500. The van der Waals surface area contributed by atoms with E-state index in [2.05, 4.69) is 22.5 Å². The summed E-state index contributed by atoms with van der Waals surface area (Å²) in [6.45, 7) is 6.21. The van der Waals surface area contributed by atoms with Gasteiger partial charge < -0.3 is 4.90 Å². The monoisotopic (exact) mass is 349 g/mol. The van der Waals surface area contributed by atoms with Crippen LogP contribution in [0, 0.1) is 0 Å². The normalized spacial score (nSPS) is 11.2. The lowest BCUT2D eigenvalue weighted by Gasteiger charge is -2.21. The van der Waals surface area contributed by atoms with E-state index in [9.17, 15) is 18.0 Å². The van der Waals surface area contributed by atoms with E-state index in [4.69, 9.17) is 0 Å². The molecule has 1 aromatic carbocycles. The van der Waals surface area contributed by atoms with E-state index in [0.29, 0.717) is 17.6 Å². The first-order chi connectivity index (χ1) is 9.31. The highest BCUT2D eigenvalue weighted by atomic mass is 79.9. The Hall–Kier alpha value is -1.30. The fraction of sp³-hybridized carbons (Fsp3) is 0.357. The third-order valence-electron chi connectivity index (χ3n) is 2.65. The molecule has 0 saturated heterocycles. The highest BCUT2D eigenvalue weighted by Crippen LogP contribution is 2.32. The van der Waals surface area contributed by atoms with Gasteiger partial charge >= 0.3 is 6.18 Å². The van der Waals surface area contributed by atoms with Gasteiger partial charge in [-0.25, -0.2) is 0 Å². The molecule has 0 N–H and O–H groups in total. The number of alkyl halides is 3. The first kappa shape index (κ1) is 16.8. The Morgan fingerprint density at radius 3 is 2.60 bits per heavy atom. The molecule has 1 rings (SSSR count). The van der Waals surface area contributed by atoms with Crippen molar-refractivity contribution in [2.75, 3.05) is 13.1 Å². The van der Waals surface area contributed by atoms with Crippen molar-refractivity contribution in [3.8, 4) is 0 Å². The minimum Gasteiger partial charge on any atom is -0.335 e. The van der Waals surface area contributed by atoms with Gasteiger partial charge in [-0.05, 0) is 40.5 Å². The van der Waals surface area contributed by atoms with Gasteiger partial charge in [-0.2, -0.15) is 13.2 Å².